The summed E-state index contributed by atoms with van der Waals surface area (Å²) in [6, 6.07) is 19.9. The molecule has 0 saturated heterocycles. The first-order chi connectivity index (χ1) is 12.4. The van der Waals surface area contributed by atoms with Crippen LogP contribution in [0.1, 0.15) is 5.56 Å². The SMILES string of the molecule is CN([C@H](Cc1cccc2ccccc12)C(=O)O)S(=O)(=O)c1ccccc1. The first kappa shape index (κ1) is 18.1. The average Bonchev–Trinajstić information content (AvgIpc) is 2.66. The lowest BCUT2D eigenvalue weighted by Crippen LogP contribution is -2.43. The molecule has 0 aromatic heterocycles. The zero-order valence-corrected chi connectivity index (χ0v) is 15.1. The van der Waals surface area contributed by atoms with Gasteiger partial charge in [-0.15, -0.1) is 0 Å². The third-order valence-corrected chi connectivity index (χ3v) is 6.32. The topological polar surface area (TPSA) is 74.7 Å². The quantitative estimate of drug-likeness (QED) is 0.724. The van der Waals surface area contributed by atoms with E-state index in [0.29, 0.717) is 0 Å². The number of hydrogen-bond donors (Lipinski definition) is 1. The first-order valence-corrected chi connectivity index (χ1v) is 9.58. The molecule has 0 unspecified atom stereocenters. The number of rotatable bonds is 6. The van der Waals surface area contributed by atoms with Gasteiger partial charge < -0.3 is 5.11 Å². The molecule has 26 heavy (non-hydrogen) atoms. The predicted molar refractivity (Wildman–Crippen MR) is 100 cm³/mol. The van der Waals surface area contributed by atoms with Gasteiger partial charge in [0.25, 0.3) is 0 Å². The summed E-state index contributed by atoms with van der Waals surface area (Å²) in [5.74, 6) is -1.18. The molecule has 0 radical (unpaired) electrons. The maximum absolute atomic E-state index is 12.8. The molecular formula is C20H19NO4S. The number of hydrogen-bond acceptors (Lipinski definition) is 3. The Kier molecular flexibility index (Phi) is 5.06. The van der Waals surface area contributed by atoms with Crippen molar-refractivity contribution in [2.24, 2.45) is 0 Å². The van der Waals surface area contributed by atoms with Gasteiger partial charge in [0.05, 0.1) is 4.90 Å². The number of benzene rings is 3. The van der Waals surface area contributed by atoms with Gasteiger partial charge in [-0.2, -0.15) is 4.31 Å². The van der Waals surface area contributed by atoms with E-state index in [9.17, 15) is 18.3 Å². The van der Waals surface area contributed by atoms with E-state index in [4.69, 9.17) is 0 Å². The Labute approximate surface area is 152 Å². The van der Waals surface area contributed by atoms with Gasteiger partial charge in [-0.1, -0.05) is 60.7 Å². The molecule has 0 aliphatic carbocycles. The number of nitrogens with zero attached hydrogens (tertiary/aromatic N) is 1. The van der Waals surface area contributed by atoms with Gasteiger partial charge in [0.2, 0.25) is 10.0 Å². The van der Waals surface area contributed by atoms with E-state index in [1.807, 2.05) is 42.5 Å². The molecule has 3 rings (SSSR count). The summed E-state index contributed by atoms with van der Waals surface area (Å²) >= 11 is 0. The molecule has 0 heterocycles. The summed E-state index contributed by atoms with van der Waals surface area (Å²) in [6.45, 7) is 0. The third-order valence-electron chi connectivity index (χ3n) is 4.44. The summed E-state index contributed by atoms with van der Waals surface area (Å²) in [6.07, 6.45) is 0.0826. The lowest BCUT2D eigenvalue weighted by molar-refractivity contribution is -0.141. The molecule has 1 atom stereocenters. The number of aliphatic carboxylic acids is 1. The molecule has 0 bridgehead atoms. The van der Waals surface area contributed by atoms with Crippen LogP contribution in [0.4, 0.5) is 0 Å². The van der Waals surface area contributed by atoms with Crippen LogP contribution in [-0.4, -0.2) is 36.9 Å². The van der Waals surface area contributed by atoms with E-state index >= 15 is 0 Å². The highest BCUT2D eigenvalue weighted by atomic mass is 32.2. The molecule has 0 aliphatic heterocycles. The highest BCUT2D eigenvalue weighted by Crippen LogP contribution is 2.23. The largest absolute Gasteiger partial charge is 0.480 e. The minimum Gasteiger partial charge on any atom is -0.480 e. The predicted octanol–water partition coefficient (Wildman–Crippen LogP) is 3.16. The summed E-state index contributed by atoms with van der Waals surface area (Å²) in [4.78, 5) is 11.9. The lowest BCUT2D eigenvalue weighted by Gasteiger charge is -2.25. The standard InChI is InChI=1S/C20H19NO4S/c1-21(26(24,25)17-11-3-2-4-12-17)19(20(22)23)14-16-10-7-9-15-8-5-6-13-18(15)16/h2-13,19H,14H2,1H3,(H,22,23)/t19-/m1/s1. The molecule has 3 aromatic rings. The van der Waals surface area contributed by atoms with E-state index in [1.54, 1.807) is 18.2 Å². The molecule has 134 valence electrons. The van der Waals surface area contributed by atoms with E-state index in [1.165, 1.54) is 19.2 Å². The van der Waals surface area contributed by atoms with Crippen molar-refractivity contribution in [3.63, 3.8) is 0 Å². The summed E-state index contributed by atoms with van der Waals surface area (Å²) in [7, 11) is -2.59. The molecule has 3 aromatic carbocycles. The van der Waals surface area contributed by atoms with Gasteiger partial charge in [-0.25, -0.2) is 8.42 Å². The molecule has 1 N–H and O–H groups in total. The van der Waals surface area contributed by atoms with E-state index in [-0.39, 0.29) is 11.3 Å². The molecule has 0 amide bonds. The Balaban J connectivity index is 1.98. The minimum atomic E-state index is -3.90. The maximum Gasteiger partial charge on any atom is 0.322 e. The van der Waals surface area contributed by atoms with Crippen molar-refractivity contribution in [3.05, 3.63) is 78.4 Å². The van der Waals surface area contributed by atoms with Gasteiger partial charge >= 0.3 is 5.97 Å². The molecule has 6 heteroatoms. The van der Waals surface area contributed by atoms with Gasteiger partial charge in [-0.05, 0) is 28.5 Å². The number of carboxylic acid groups (broad SMARTS) is 1. The maximum atomic E-state index is 12.8. The van der Waals surface area contributed by atoms with E-state index in [0.717, 1.165) is 20.6 Å². The van der Waals surface area contributed by atoms with Gasteiger partial charge in [-0.3, -0.25) is 4.79 Å². The van der Waals surface area contributed by atoms with Crippen molar-refractivity contribution in [1.82, 2.24) is 4.31 Å². The zero-order chi connectivity index (χ0) is 18.7. The Hall–Kier alpha value is -2.70. The van der Waals surface area contributed by atoms with Gasteiger partial charge in [0.1, 0.15) is 6.04 Å². The van der Waals surface area contributed by atoms with Crippen molar-refractivity contribution < 1.29 is 18.3 Å². The van der Waals surface area contributed by atoms with Crippen LogP contribution in [0.2, 0.25) is 0 Å². The van der Waals surface area contributed by atoms with Crippen molar-refractivity contribution in [2.75, 3.05) is 7.05 Å². The van der Waals surface area contributed by atoms with Crippen LogP contribution in [0.3, 0.4) is 0 Å². The fourth-order valence-electron chi connectivity index (χ4n) is 2.98. The Bertz CT molecular complexity index is 1030. The number of sulfonamides is 1. The number of likely N-dealkylation sites (N-methyl/N-ethyl adjacent to an activating group) is 1. The van der Waals surface area contributed by atoms with Crippen LogP contribution in [0.5, 0.6) is 0 Å². The highest BCUT2D eigenvalue weighted by Gasteiger charge is 2.33. The Morgan fingerprint density at radius 1 is 0.962 bits per heavy atom. The molecule has 5 nitrogen and oxygen atoms in total. The molecule has 0 fully saturated rings. The first-order valence-electron chi connectivity index (χ1n) is 8.14. The minimum absolute atomic E-state index is 0.0756. The van der Waals surface area contributed by atoms with E-state index < -0.39 is 22.0 Å². The second-order valence-electron chi connectivity index (χ2n) is 6.03. The number of carbonyl (C=O) groups is 1. The van der Waals surface area contributed by atoms with Crippen LogP contribution in [-0.2, 0) is 21.2 Å². The van der Waals surface area contributed by atoms with Crippen LogP contribution < -0.4 is 0 Å². The van der Waals surface area contributed by atoms with E-state index in [2.05, 4.69) is 0 Å². The summed E-state index contributed by atoms with van der Waals surface area (Å²) in [5.41, 5.74) is 0.797. The van der Waals surface area contributed by atoms with Crippen molar-refractivity contribution in [1.29, 1.82) is 0 Å². The van der Waals surface area contributed by atoms with Crippen LogP contribution >= 0.6 is 0 Å². The third kappa shape index (κ3) is 3.47. The van der Waals surface area contributed by atoms with Crippen molar-refractivity contribution in [2.45, 2.75) is 17.4 Å². The van der Waals surface area contributed by atoms with Crippen molar-refractivity contribution in [3.8, 4) is 0 Å². The van der Waals surface area contributed by atoms with Crippen LogP contribution in [0.25, 0.3) is 10.8 Å². The molecule has 0 aliphatic rings. The monoisotopic (exact) mass is 369 g/mol. The second kappa shape index (κ2) is 7.27. The zero-order valence-electron chi connectivity index (χ0n) is 14.2. The van der Waals surface area contributed by atoms with Crippen LogP contribution in [0.15, 0.2) is 77.7 Å². The number of carboxylic acids is 1. The fraction of sp³-hybridized carbons (Fsp3) is 0.150. The fourth-order valence-corrected chi connectivity index (χ4v) is 4.31. The number of fused-ring (bicyclic) bond motifs is 1. The highest BCUT2D eigenvalue weighted by molar-refractivity contribution is 7.89. The smallest absolute Gasteiger partial charge is 0.322 e. The second-order valence-corrected chi connectivity index (χ2v) is 8.03. The Morgan fingerprint density at radius 3 is 2.27 bits per heavy atom. The lowest BCUT2D eigenvalue weighted by atomic mass is 9.99. The van der Waals surface area contributed by atoms with Gasteiger partial charge in [0.15, 0.2) is 0 Å². The average molecular weight is 369 g/mol. The van der Waals surface area contributed by atoms with Crippen LogP contribution in [0, 0.1) is 0 Å². The molecule has 0 spiro atoms. The Morgan fingerprint density at radius 2 is 1.58 bits per heavy atom. The summed E-state index contributed by atoms with van der Waals surface area (Å²) < 4.78 is 26.5. The molecule has 0 saturated carbocycles. The normalized spacial score (nSPS) is 13.0. The van der Waals surface area contributed by atoms with Crippen molar-refractivity contribution >= 4 is 26.8 Å². The summed E-state index contributed by atoms with van der Waals surface area (Å²) in [5, 5.41) is 11.6. The van der Waals surface area contributed by atoms with Gasteiger partial charge in [0, 0.05) is 13.5 Å². The molecular weight excluding hydrogens is 350 g/mol.